The third kappa shape index (κ3) is 6.73. The van der Waals surface area contributed by atoms with Crippen molar-refractivity contribution in [3.05, 3.63) is 59.7 Å². The van der Waals surface area contributed by atoms with E-state index in [1.165, 1.54) is 0 Å². The molecule has 0 aromatic heterocycles. The number of hydrogen-bond acceptors (Lipinski definition) is 4. The van der Waals surface area contributed by atoms with Gasteiger partial charge in [-0.2, -0.15) is 0 Å². The van der Waals surface area contributed by atoms with Crippen LogP contribution in [0.3, 0.4) is 0 Å². The van der Waals surface area contributed by atoms with E-state index in [1.54, 1.807) is 36.4 Å². The average Bonchev–Trinajstić information content (AvgIpc) is 2.55. The minimum Gasteiger partial charge on any atom is -0.507 e. The van der Waals surface area contributed by atoms with Crippen LogP contribution in [-0.4, -0.2) is 21.6 Å². The maximum Gasteiger partial charge on any atom is 0.124 e. The molecule has 0 aliphatic rings. The molecule has 0 heterocycles. The Morgan fingerprint density at radius 3 is 1.20 bits per heavy atom. The summed E-state index contributed by atoms with van der Waals surface area (Å²) in [7, 11) is 0. The standard InChI is InChI=1S/2C10H13NO.Cu/c2*1-7(2)10(11)8-5-3-4-6-9(8)12;/h2*3-7,11-12H,1-2H3;. The normalized spacial score (nSPS) is 9.84. The molecule has 0 aliphatic carbocycles. The van der Waals surface area contributed by atoms with Crippen molar-refractivity contribution in [3.63, 3.8) is 0 Å². The summed E-state index contributed by atoms with van der Waals surface area (Å²) in [5.41, 5.74) is 2.22. The smallest absolute Gasteiger partial charge is 0.124 e. The average molecular weight is 390 g/mol. The van der Waals surface area contributed by atoms with Crippen molar-refractivity contribution >= 4 is 11.4 Å². The Kier molecular flexibility index (Phi) is 9.80. The maximum atomic E-state index is 9.39. The van der Waals surface area contributed by atoms with Gasteiger partial charge in [-0.05, 0) is 36.1 Å². The molecule has 0 unspecified atom stereocenters. The number of para-hydroxylation sites is 2. The van der Waals surface area contributed by atoms with Crippen LogP contribution in [0.25, 0.3) is 0 Å². The quantitative estimate of drug-likeness (QED) is 0.445. The van der Waals surface area contributed by atoms with Crippen molar-refractivity contribution in [2.24, 2.45) is 11.8 Å². The zero-order chi connectivity index (χ0) is 18.3. The Morgan fingerprint density at radius 1 is 0.680 bits per heavy atom. The molecular formula is C20H26CuN2O2. The number of aromatic hydroxyl groups is 2. The van der Waals surface area contributed by atoms with E-state index < -0.39 is 0 Å². The van der Waals surface area contributed by atoms with Gasteiger partial charge in [0.15, 0.2) is 0 Å². The monoisotopic (exact) mass is 389 g/mol. The van der Waals surface area contributed by atoms with E-state index in [-0.39, 0.29) is 40.4 Å². The van der Waals surface area contributed by atoms with Crippen molar-refractivity contribution in [3.8, 4) is 11.5 Å². The second kappa shape index (κ2) is 10.7. The molecule has 2 aromatic rings. The SMILES string of the molecule is CC(C)C(=N)c1ccccc1O.CC(C)C(=N)c1ccccc1O.[Cu]. The summed E-state index contributed by atoms with van der Waals surface area (Å²) >= 11 is 0. The third-order valence-electron chi connectivity index (χ3n) is 3.54. The van der Waals surface area contributed by atoms with E-state index in [4.69, 9.17) is 10.8 Å². The van der Waals surface area contributed by atoms with Gasteiger partial charge in [0.25, 0.3) is 0 Å². The minimum atomic E-state index is 0. The van der Waals surface area contributed by atoms with Gasteiger partial charge in [0.05, 0.1) is 0 Å². The molecule has 139 valence electrons. The summed E-state index contributed by atoms with van der Waals surface area (Å²) in [4.78, 5) is 0. The van der Waals surface area contributed by atoms with Crippen molar-refractivity contribution in [2.45, 2.75) is 27.7 Å². The van der Waals surface area contributed by atoms with Crippen LogP contribution in [0.2, 0.25) is 0 Å². The predicted octanol–water partition coefficient (Wildman–Crippen LogP) is 4.83. The molecule has 0 fully saturated rings. The maximum absolute atomic E-state index is 9.39. The second-order valence-electron chi connectivity index (χ2n) is 6.17. The van der Waals surface area contributed by atoms with Crippen molar-refractivity contribution in [1.82, 2.24) is 0 Å². The number of phenols is 2. The Morgan fingerprint density at radius 2 is 0.960 bits per heavy atom. The van der Waals surface area contributed by atoms with Gasteiger partial charge >= 0.3 is 0 Å². The first-order chi connectivity index (χ1) is 11.3. The first-order valence-electron chi connectivity index (χ1n) is 7.99. The number of nitrogens with one attached hydrogen (secondary N) is 2. The van der Waals surface area contributed by atoms with Crippen LogP contribution in [0.5, 0.6) is 11.5 Å². The van der Waals surface area contributed by atoms with E-state index >= 15 is 0 Å². The summed E-state index contributed by atoms with van der Waals surface area (Å²) < 4.78 is 0. The molecule has 5 heteroatoms. The first-order valence-corrected chi connectivity index (χ1v) is 7.99. The number of phenolic OH excluding ortho intramolecular Hbond substituents is 2. The Bertz CT molecular complexity index is 651. The van der Waals surface area contributed by atoms with E-state index in [9.17, 15) is 10.2 Å². The largest absolute Gasteiger partial charge is 0.507 e. The molecule has 1 radical (unpaired) electrons. The fourth-order valence-electron chi connectivity index (χ4n) is 2.02. The molecule has 25 heavy (non-hydrogen) atoms. The molecule has 2 rings (SSSR count). The van der Waals surface area contributed by atoms with Gasteiger partial charge in [-0.1, -0.05) is 52.0 Å². The Labute approximate surface area is 160 Å². The Balaban J connectivity index is 0.000000443. The fraction of sp³-hybridized carbons (Fsp3) is 0.300. The van der Waals surface area contributed by atoms with Crippen LogP contribution in [0, 0.1) is 22.7 Å². The third-order valence-corrected chi connectivity index (χ3v) is 3.54. The summed E-state index contributed by atoms with van der Waals surface area (Å²) in [6.07, 6.45) is 0. The Hall–Kier alpha value is -2.10. The van der Waals surface area contributed by atoms with E-state index in [1.807, 2.05) is 39.8 Å². The van der Waals surface area contributed by atoms with Crippen LogP contribution >= 0.6 is 0 Å². The van der Waals surface area contributed by atoms with E-state index in [0.717, 1.165) is 0 Å². The molecular weight excluding hydrogens is 364 g/mol. The van der Waals surface area contributed by atoms with E-state index in [2.05, 4.69) is 0 Å². The topological polar surface area (TPSA) is 88.2 Å². The molecule has 0 aliphatic heterocycles. The van der Waals surface area contributed by atoms with Crippen LogP contribution in [-0.2, 0) is 17.1 Å². The number of benzene rings is 2. The van der Waals surface area contributed by atoms with Crippen molar-refractivity contribution in [2.75, 3.05) is 0 Å². The summed E-state index contributed by atoms with van der Waals surface area (Å²) in [5.74, 6) is 0.684. The summed E-state index contributed by atoms with van der Waals surface area (Å²) in [6.45, 7) is 7.76. The van der Waals surface area contributed by atoms with Crippen LogP contribution in [0.1, 0.15) is 38.8 Å². The zero-order valence-corrected chi connectivity index (χ0v) is 15.9. The van der Waals surface area contributed by atoms with Gasteiger partial charge in [0, 0.05) is 39.6 Å². The fourth-order valence-corrected chi connectivity index (χ4v) is 2.02. The predicted molar refractivity (Wildman–Crippen MR) is 99.5 cm³/mol. The summed E-state index contributed by atoms with van der Waals surface area (Å²) in [6, 6.07) is 13.9. The zero-order valence-electron chi connectivity index (χ0n) is 15.0. The minimum absolute atomic E-state index is 0. The van der Waals surface area contributed by atoms with Gasteiger partial charge in [0.1, 0.15) is 11.5 Å². The van der Waals surface area contributed by atoms with Gasteiger partial charge < -0.3 is 21.0 Å². The van der Waals surface area contributed by atoms with Crippen LogP contribution in [0.4, 0.5) is 0 Å². The number of hydrogen-bond donors (Lipinski definition) is 4. The molecule has 2 aromatic carbocycles. The molecule has 4 N–H and O–H groups in total. The van der Waals surface area contributed by atoms with Gasteiger partial charge in [-0.3, -0.25) is 0 Å². The van der Waals surface area contributed by atoms with E-state index in [0.29, 0.717) is 22.6 Å². The number of rotatable bonds is 4. The molecule has 0 bridgehead atoms. The van der Waals surface area contributed by atoms with Gasteiger partial charge in [-0.15, -0.1) is 0 Å². The van der Waals surface area contributed by atoms with Crippen LogP contribution in [0.15, 0.2) is 48.5 Å². The second-order valence-corrected chi connectivity index (χ2v) is 6.17. The van der Waals surface area contributed by atoms with Crippen LogP contribution < -0.4 is 0 Å². The first kappa shape index (κ1) is 22.9. The molecule has 0 spiro atoms. The molecule has 0 amide bonds. The van der Waals surface area contributed by atoms with Gasteiger partial charge in [-0.25, -0.2) is 0 Å². The van der Waals surface area contributed by atoms with Crippen molar-refractivity contribution in [1.29, 1.82) is 10.8 Å². The summed E-state index contributed by atoms with van der Waals surface area (Å²) in [5, 5.41) is 34.1. The molecule has 0 saturated carbocycles. The molecule has 4 nitrogen and oxygen atoms in total. The molecule has 0 saturated heterocycles. The van der Waals surface area contributed by atoms with Gasteiger partial charge in [0.2, 0.25) is 0 Å². The molecule has 0 atom stereocenters. The van der Waals surface area contributed by atoms with Crippen molar-refractivity contribution < 1.29 is 27.3 Å².